The Bertz CT molecular complexity index is 1210. The number of hydrogen-bond donors (Lipinski definition) is 1. The van der Waals surface area contributed by atoms with Gasteiger partial charge in [-0.2, -0.15) is 0 Å². The van der Waals surface area contributed by atoms with E-state index < -0.39 is 17.8 Å². The van der Waals surface area contributed by atoms with Gasteiger partial charge in [0.15, 0.2) is 0 Å². The summed E-state index contributed by atoms with van der Waals surface area (Å²) < 4.78 is 0. The number of urea groups is 1. The lowest BCUT2D eigenvalue weighted by Gasteiger charge is -2.42. The van der Waals surface area contributed by atoms with E-state index in [1.165, 1.54) is 0 Å². The van der Waals surface area contributed by atoms with Gasteiger partial charge in [0, 0.05) is 17.8 Å². The first-order valence-electron chi connectivity index (χ1n) is 11.3. The van der Waals surface area contributed by atoms with E-state index >= 15 is 0 Å². The summed E-state index contributed by atoms with van der Waals surface area (Å²) in [7, 11) is 0. The van der Waals surface area contributed by atoms with E-state index in [-0.39, 0.29) is 11.1 Å². The molecule has 6 nitrogen and oxygen atoms in total. The van der Waals surface area contributed by atoms with Crippen molar-refractivity contribution in [1.82, 2.24) is 5.32 Å². The molecular weight excluding hydrogens is 414 g/mol. The average Bonchev–Trinajstić information content (AvgIpc) is 2.77. The molecule has 1 fully saturated rings. The molecule has 0 bridgehead atoms. The van der Waals surface area contributed by atoms with Gasteiger partial charge in [-0.05, 0) is 81.2 Å². The van der Waals surface area contributed by atoms with Crippen molar-refractivity contribution >= 4 is 40.9 Å². The maximum atomic E-state index is 13.2. The fourth-order valence-corrected chi connectivity index (χ4v) is 4.71. The number of amides is 4. The number of rotatable bonds is 4. The normalized spacial score (nSPS) is 18.9. The number of allylic oxidation sites excluding steroid dienone is 1. The number of nitrogens with one attached hydrogen (secondary N) is 1. The quantitative estimate of drug-likeness (QED) is 0.537. The second kappa shape index (κ2) is 8.35. The molecular formula is C27H29N3O3. The van der Waals surface area contributed by atoms with Crippen LogP contribution < -0.4 is 15.1 Å². The summed E-state index contributed by atoms with van der Waals surface area (Å²) in [4.78, 5) is 41.6. The van der Waals surface area contributed by atoms with E-state index in [2.05, 4.69) is 44.0 Å². The van der Waals surface area contributed by atoms with E-state index in [4.69, 9.17) is 0 Å². The van der Waals surface area contributed by atoms with Gasteiger partial charge in [0.2, 0.25) is 0 Å². The van der Waals surface area contributed by atoms with Crippen LogP contribution in [0.15, 0.2) is 54.1 Å². The third-order valence-corrected chi connectivity index (χ3v) is 6.33. The number of nitrogens with zero attached hydrogens (tertiary/aromatic N) is 2. The molecule has 170 valence electrons. The standard InChI is InChI=1S/C27H29N3O3/c1-6-18-8-11-20(12-9-18)30-25(32)22(24(31)28-26(30)33)15-19-10-13-23-21(14-19)17(3)16-27(4,5)29(23)7-2/h8-16H,6-7H2,1-5H3,(H,28,31,33)/b22-15+. The highest BCUT2D eigenvalue weighted by Gasteiger charge is 2.37. The van der Waals surface area contributed by atoms with Gasteiger partial charge in [-0.15, -0.1) is 0 Å². The van der Waals surface area contributed by atoms with Crippen molar-refractivity contribution in [3.8, 4) is 0 Å². The zero-order valence-corrected chi connectivity index (χ0v) is 19.7. The van der Waals surface area contributed by atoms with Crippen molar-refractivity contribution in [2.24, 2.45) is 0 Å². The molecule has 0 radical (unpaired) electrons. The van der Waals surface area contributed by atoms with Crippen molar-refractivity contribution in [2.45, 2.75) is 46.6 Å². The Hall–Kier alpha value is -3.67. The highest BCUT2D eigenvalue weighted by molar-refractivity contribution is 6.39. The Morgan fingerprint density at radius 3 is 2.33 bits per heavy atom. The molecule has 1 saturated heterocycles. The SMILES string of the molecule is CCc1ccc(N2C(=O)NC(=O)/C(=C\c3ccc4c(c3)C(C)=CC(C)(C)N4CC)C2=O)cc1. The molecule has 6 heteroatoms. The molecule has 4 amide bonds. The monoisotopic (exact) mass is 443 g/mol. The highest BCUT2D eigenvalue weighted by Crippen LogP contribution is 2.39. The number of carbonyl (C=O) groups excluding carboxylic acids is 3. The molecule has 2 heterocycles. The Morgan fingerprint density at radius 1 is 1.00 bits per heavy atom. The fourth-order valence-electron chi connectivity index (χ4n) is 4.71. The lowest BCUT2D eigenvalue weighted by Crippen LogP contribution is -2.54. The van der Waals surface area contributed by atoms with Gasteiger partial charge in [-0.1, -0.05) is 31.2 Å². The summed E-state index contributed by atoms with van der Waals surface area (Å²) in [5.74, 6) is -1.32. The van der Waals surface area contributed by atoms with Crippen molar-refractivity contribution in [3.05, 3.63) is 70.8 Å². The van der Waals surface area contributed by atoms with Gasteiger partial charge in [0.25, 0.3) is 11.8 Å². The molecule has 0 aliphatic carbocycles. The Balaban J connectivity index is 1.72. The van der Waals surface area contributed by atoms with E-state index in [0.29, 0.717) is 5.69 Å². The summed E-state index contributed by atoms with van der Waals surface area (Å²) in [5, 5.41) is 2.29. The third-order valence-electron chi connectivity index (χ3n) is 6.33. The molecule has 0 aromatic heterocycles. The van der Waals surface area contributed by atoms with Gasteiger partial charge < -0.3 is 4.90 Å². The van der Waals surface area contributed by atoms with E-state index in [1.807, 2.05) is 37.3 Å². The van der Waals surface area contributed by atoms with Crippen LogP contribution in [0.1, 0.15) is 51.3 Å². The smallest absolute Gasteiger partial charge is 0.335 e. The third kappa shape index (κ3) is 3.97. The summed E-state index contributed by atoms with van der Waals surface area (Å²) in [6.45, 7) is 11.5. The van der Waals surface area contributed by atoms with Crippen LogP contribution in [0.5, 0.6) is 0 Å². The van der Waals surface area contributed by atoms with Crippen molar-refractivity contribution in [3.63, 3.8) is 0 Å². The van der Waals surface area contributed by atoms with E-state index in [0.717, 1.165) is 45.8 Å². The van der Waals surface area contributed by atoms with Crippen LogP contribution in [0, 0.1) is 0 Å². The van der Waals surface area contributed by atoms with Crippen LogP contribution in [0.25, 0.3) is 11.6 Å². The summed E-state index contributed by atoms with van der Waals surface area (Å²) in [6, 6.07) is 12.4. The predicted octanol–water partition coefficient (Wildman–Crippen LogP) is 4.94. The van der Waals surface area contributed by atoms with Crippen molar-refractivity contribution < 1.29 is 14.4 Å². The molecule has 0 unspecified atom stereocenters. The van der Waals surface area contributed by atoms with Gasteiger partial charge in [-0.25, -0.2) is 9.69 Å². The molecule has 2 aliphatic rings. The average molecular weight is 444 g/mol. The summed E-state index contributed by atoms with van der Waals surface area (Å²) >= 11 is 0. The van der Waals surface area contributed by atoms with Crippen LogP contribution in [0.2, 0.25) is 0 Å². The van der Waals surface area contributed by atoms with Gasteiger partial charge in [0.05, 0.1) is 11.2 Å². The first kappa shape index (κ1) is 22.5. The number of carbonyl (C=O) groups is 3. The largest absolute Gasteiger partial charge is 0.363 e. The number of fused-ring (bicyclic) bond motifs is 1. The van der Waals surface area contributed by atoms with Crippen molar-refractivity contribution in [1.29, 1.82) is 0 Å². The number of barbiturate groups is 1. The Labute approximate surface area is 194 Å². The van der Waals surface area contributed by atoms with Crippen LogP contribution in [-0.2, 0) is 16.0 Å². The first-order chi connectivity index (χ1) is 15.7. The molecule has 4 rings (SSSR count). The molecule has 2 aromatic rings. The topological polar surface area (TPSA) is 69.7 Å². The summed E-state index contributed by atoms with van der Waals surface area (Å²) in [5.41, 5.74) is 5.42. The molecule has 0 spiro atoms. The number of aryl methyl sites for hydroxylation is 1. The van der Waals surface area contributed by atoms with Crippen LogP contribution in [0.3, 0.4) is 0 Å². The number of anilines is 2. The van der Waals surface area contributed by atoms with Crippen LogP contribution >= 0.6 is 0 Å². The lowest BCUT2D eigenvalue weighted by molar-refractivity contribution is -0.122. The van der Waals surface area contributed by atoms with Gasteiger partial charge in [-0.3, -0.25) is 14.9 Å². The van der Waals surface area contributed by atoms with Crippen molar-refractivity contribution in [2.75, 3.05) is 16.3 Å². The maximum Gasteiger partial charge on any atom is 0.335 e. The molecule has 0 saturated carbocycles. The van der Waals surface area contributed by atoms with Crippen LogP contribution in [-0.4, -0.2) is 29.9 Å². The Morgan fingerprint density at radius 2 is 1.70 bits per heavy atom. The maximum absolute atomic E-state index is 13.2. The van der Waals surface area contributed by atoms with E-state index in [1.54, 1.807) is 18.2 Å². The zero-order chi connectivity index (χ0) is 23.9. The van der Waals surface area contributed by atoms with Gasteiger partial charge >= 0.3 is 6.03 Å². The second-order valence-electron chi connectivity index (χ2n) is 8.98. The highest BCUT2D eigenvalue weighted by atomic mass is 16.2. The number of imide groups is 2. The number of likely N-dealkylation sites (N-methyl/N-ethyl adjacent to an activating group) is 1. The minimum Gasteiger partial charge on any atom is -0.363 e. The minimum atomic E-state index is -0.739. The molecule has 0 atom stereocenters. The fraction of sp³-hybridized carbons (Fsp3) is 0.296. The minimum absolute atomic E-state index is 0.0702. The first-order valence-corrected chi connectivity index (χ1v) is 11.3. The van der Waals surface area contributed by atoms with Gasteiger partial charge in [0.1, 0.15) is 5.57 Å². The van der Waals surface area contributed by atoms with E-state index in [9.17, 15) is 14.4 Å². The number of hydrogen-bond acceptors (Lipinski definition) is 4. The second-order valence-corrected chi connectivity index (χ2v) is 8.98. The molecule has 33 heavy (non-hydrogen) atoms. The lowest BCUT2D eigenvalue weighted by atomic mass is 9.88. The molecule has 1 N–H and O–H groups in total. The predicted molar refractivity (Wildman–Crippen MR) is 132 cm³/mol. The number of benzene rings is 2. The zero-order valence-electron chi connectivity index (χ0n) is 19.7. The molecule has 2 aromatic carbocycles. The molecule has 2 aliphatic heterocycles. The summed E-state index contributed by atoms with van der Waals surface area (Å²) in [6.07, 6.45) is 4.64. The van der Waals surface area contributed by atoms with Crippen LogP contribution in [0.4, 0.5) is 16.2 Å². The Kier molecular flexibility index (Phi) is 5.70.